The first-order chi connectivity index (χ1) is 13.2. The van der Waals surface area contributed by atoms with Crippen molar-refractivity contribution in [2.24, 2.45) is 0 Å². The number of esters is 2. The maximum absolute atomic E-state index is 11.0. The van der Waals surface area contributed by atoms with Gasteiger partial charge in [0.1, 0.15) is 0 Å². The van der Waals surface area contributed by atoms with Gasteiger partial charge in [-0.1, -0.05) is 0 Å². The number of aliphatic hydroxyl groups is 2. The molecule has 2 heterocycles. The summed E-state index contributed by atoms with van der Waals surface area (Å²) >= 11 is 0. The van der Waals surface area contributed by atoms with Crippen LogP contribution in [-0.2, 0) is 9.47 Å². The van der Waals surface area contributed by atoms with Crippen LogP contribution in [0.2, 0.25) is 0 Å². The van der Waals surface area contributed by atoms with E-state index in [2.05, 4.69) is 9.47 Å². The highest BCUT2D eigenvalue weighted by Crippen LogP contribution is 2.30. The van der Waals surface area contributed by atoms with Crippen LogP contribution in [0.4, 0.5) is 0 Å². The van der Waals surface area contributed by atoms with E-state index < -0.39 is 36.5 Å². The van der Waals surface area contributed by atoms with E-state index in [4.69, 9.17) is 10.2 Å². The Hall–Kier alpha value is -3.76. The van der Waals surface area contributed by atoms with Crippen molar-refractivity contribution in [3.05, 3.63) is 69.8 Å². The van der Waals surface area contributed by atoms with E-state index in [0.29, 0.717) is 0 Å². The van der Waals surface area contributed by atoms with Crippen LogP contribution in [-0.4, -0.2) is 44.3 Å². The van der Waals surface area contributed by atoms with Gasteiger partial charge in [0.2, 0.25) is 12.6 Å². The number of carboxylic acid groups (broad SMARTS) is 2. The standard InChI is InChI=1S/2C9H6O5/c2*10-7(11)4-1-2-5-6(3-4)9(13)14-8(5)12/h2*1-3,9,13H,(H,10,11)/t2*9-/m10/s1. The molecular weight excluding hydrogens is 376 g/mol. The van der Waals surface area contributed by atoms with Gasteiger partial charge in [-0.3, -0.25) is 0 Å². The molecule has 0 spiro atoms. The highest BCUT2D eigenvalue weighted by molar-refractivity contribution is 5.97. The van der Waals surface area contributed by atoms with Crippen LogP contribution < -0.4 is 0 Å². The van der Waals surface area contributed by atoms with Crippen LogP contribution in [0.1, 0.15) is 65.1 Å². The van der Waals surface area contributed by atoms with Crippen molar-refractivity contribution in [2.45, 2.75) is 12.6 Å². The molecule has 28 heavy (non-hydrogen) atoms. The molecule has 2 aromatic carbocycles. The summed E-state index contributed by atoms with van der Waals surface area (Å²) in [6, 6.07) is 7.70. The van der Waals surface area contributed by atoms with Crippen LogP contribution in [0, 0.1) is 0 Å². The highest BCUT2D eigenvalue weighted by atomic mass is 16.6. The van der Waals surface area contributed by atoms with E-state index in [9.17, 15) is 29.4 Å². The van der Waals surface area contributed by atoms with Gasteiger partial charge in [-0.2, -0.15) is 0 Å². The van der Waals surface area contributed by atoms with Crippen molar-refractivity contribution in [2.75, 3.05) is 0 Å². The molecule has 0 aromatic heterocycles. The number of rotatable bonds is 2. The summed E-state index contributed by atoms with van der Waals surface area (Å²) in [5.74, 6) is -3.49. The number of carbonyl (C=O) groups is 4. The largest absolute Gasteiger partial charge is 0.478 e. The van der Waals surface area contributed by atoms with Gasteiger partial charge in [-0.25, -0.2) is 19.2 Å². The molecule has 2 aliphatic rings. The molecule has 144 valence electrons. The van der Waals surface area contributed by atoms with E-state index in [0.717, 1.165) is 0 Å². The average Bonchev–Trinajstić information content (AvgIpc) is 3.10. The number of hydrogen-bond acceptors (Lipinski definition) is 8. The zero-order valence-corrected chi connectivity index (χ0v) is 13.9. The molecule has 0 saturated carbocycles. The molecule has 0 bridgehead atoms. The maximum Gasteiger partial charge on any atom is 0.341 e. The SMILES string of the molecule is O=C(O)c1ccc2c(c1)[C@@H](O)OC2=O.O=C(O)c1ccc2c(c1)[C@H](O)OC2=O. The Morgan fingerprint density at radius 3 is 1.39 bits per heavy atom. The Morgan fingerprint density at radius 2 is 1.07 bits per heavy atom. The van der Waals surface area contributed by atoms with Crippen LogP contribution >= 0.6 is 0 Å². The topological polar surface area (TPSA) is 168 Å². The van der Waals surface area contributed by atoms with Gasteiger partial charge in [-0.15, -0.1) is 0 Å². The molecule has 0 saturated heterocycles. The third kappa shape index (κ3) is 3.41. The van der Waals surface area contributed by atoms with Crippen LogP contribution in [0.15, 0.2) is 36.4 Å². The van der Waals surface area contributed by atoms with Crippen LogP contribution in [0.5, 0.6) is 0 Å². The summed E-state index contributed by atoms with van der Waals surface area (Å²) in [6.07, 6.45) is -2.70. The Labute approximate surface area is 156 Å². The van der Waals surface area contributed by atoms with Gasteiger partial charge >= 0.3 is 23.9 Å². The van der Waals surface area contributed by atoms with E-state index in [1.165, 1.54) is 36.4 Å². The molecule has 0 aliphatic carbocycles. The van der Waals surface area contributed by atoms with Crippen molar-refractivity contribution >= 4 is 23.9 Å². The van der Waals surface area contributed by atoms with Crippen molar-refractivity contribution in [1.82, 2.24) is 0 Å². The number of aliphatic hydroxyl groups excluding tert-OH is 2. The molecule has 0 amide bonds. The second-order valence-electron chi connectivity index (χ2n) is 5.73. The number of benzene rings is 2. The lowest BCUT2D eigenvalue weighted by Gasteiger charge is -2.01. The monoisotopic (exact) mass is 388 g/mol. The van der Waals surface area contributed by atoms with Crippen LogP contribution in [0.25, 0.3) is 0 Å². The van der Waals surface area contributed by atoms with E-state index >= 15 is 0 Å². The van der Waals surface area contributed by atoms with Crippen molar-refractivity contribution in [3.63, 3.8) is 0 Å². The summed E-state index contributed by atoms with van der Waals surface area (Å²) in [6.45, 7) is 0. The minimum atomic E-state index is -1.35. The molecule has 10 heteroatoms. The first-order valence-electron chi connectivity index (χ1n) is 7.71. The van der Waals surface area contributed by atoms with Gasteiger partial charge in [0.05, 0.1) is 22.3 Å². The minimum absolute atomic E-state index is 0.0149. The quantitative estimate of drug-likeness (QED) is 0.547. The number of carboxylic acids is 2. The third-order valence-corrected chi connectivity index (χ3v) is 4.01. The molecule has 4 N–H and O–H groups in total. The number of aromatic carboxylic acids is 2. The van der Waals surface area contributed by atoms with Gasteiger partial charge in [0, 0.05) is 11.1 Å². The summed E-state index contributed by atoms with van der Waals surface area (Å²) < 4.78 is 8.98. The Kier molecular flexibility index (Phi) is 4.82. The minimum Gasteiger partial charge on any atom is -0.478 e. The van der Waals surface area contributed by atoms with Gasteiger partial charge < -0.3 is 29.9 Å². The van der Waals surface area contributed by atoms with Gasteiger partial charge in [0.25, 0.3) is 0 Å². The molecule has 0 unspecified atom stereocenters. The molecule has 4 rings (SSSR count). The predicted octanol–water partition coefficient (Wildman–Crippen LogP) is 1.09. The smallest absolute Gasteiger partial charge is 0.341 e. The lowest BCUT2D eigenvalue weighted by atomic mass is 10.1. The third-order valence-electron chi connectivity index (χ3n) is 4.01. The fourth-order valence-corrected chi connectivity index (χ4v) is 2.63. The lowest BCUT2D eigenvalue weighted by molar-refractivity contribution is -0.0557. The van der Waals surface area contributed by atoms with E-state index in [1.807, 2.05) is 0 Å². The molecule has 0 fully saturated rings. The molecule has 2 atom stereocenters. The molecular formula is C18H12O10. The van der Waals surface area contributed by atoms with E-state index in [1.54, 1.807) is 0 Å². The highest BCUT2D eigenvalue weighted by Gasteiger charge is 2.30. The second-order valence-corrected chi connectivity index (χ2v) is 5.73. The Balaban J connectivity index is 0.000000161. The molecule has 0 radical (unpaired) electrons. The predicted molar refractivity (Wildman–Crippen MR) is 87.6 cm³/mol. The number of carbonyl (C=O) groups excluding carboxylic acids is 2. The van der Waals surface area contributed by atoms with Crippen LogP contribution in [0.3, 0.4) is 0 Å². The van der Waals surface area contributed by atoms with Crippen molar-refractivity contribution in [1.29, 1.82) is 0 Å². The zero-order chi connectivity index (χ0) is 20.6. The number of cyclic esters (lactones) is 2. The fourth-order valence-electron chi connectivity index (χ4n) is 2.63. The van der Waals surface area contributed by atoms with Crippen molar-refractivity contribution in [3.8, 4) is 0 Å². The first kappa shape index (κ1) is 19.0. The lowest BCUT2D eigenvalue weighted by Crippen LogP contribution is -1.99. The zero-order valence-electron chi connectivity index (χ0n) is 13.9. The number of fused-ring (bicyclic) bond motifs is 2. The summed E-state index contributed by atoms with van der Waals surface area (Å²) in [5.41, 5.74) is 0.858. The fraction of sp³-hybridized carbons (Fsp3) is 0.111. The molecule has 2 aliphatic heterocycles. The second kappa shape index (κ2) is 7.10. The average molecular weight is 388 g/mol. The number of hydrogen-bond donors (Lipinski definition) is 4. The molecule has 10 nitrogen and oxygen atoms in total. The van der Waals surface area contributed by atoms with Crippen molar-refractivity contribution < 1.29 is 49.1 Å². The Morgan fingerprint density at radius 1 is 0.714 bits per heavy atom. The van der Waals surface area contributed by atoms with E-state index in [-0.39, 0.29) is 33.4 Å². The van der Waals surface area contributed by atoms with Gasteiger partial charge in [-0.05, 0) is 36.4 Å². The molecule has 2 aromatic rings. The summed E-state index contributed by atoms with van der Waals surface area (Å²) in [4.78, 5) is 43.2. The Bertz CT molecular complexity index is 928. The normalized spacial score (nSPS) is 18.9. The summed E-state index contributed by atoms with van der Waals surface area (Å²) in [7, 11) is 0. The van der Waals surface area contributed by atoms with Gasteiger partial charge in [0.15, 0.2) is 0 Å². The number of ether oxygens (including phenoxy) is 2. The summed E-state index contributed by atoms with van der Waals surface area (Å²) in [5, 5.41) is 35.8. The maximum atomic E-state index is 11.0. The first-order valence-corrected chi connectivity index (χ1v) is 7.71.